The Balaban J connectivity index is 1.50. The van der Waals surface area contributed by atoms with Crippen LogP contribution in [0.15, 0.2) is 30.3 Å². The molecule has 1 saturated carbocycles. The van der Waals surface area contributed by atoms with E-state index in [0.29, 0.717) is 6.54 Å². The molecule has 2 aliphatic rings. The molecule has 1 aromatic rings. The molecule has 1 saturated heterocycles. The van der Waals surface area contributed by atoms with Crippen LogP contribution >= 0.6 is 0 Å². The number of benzene rings is 1. The fourth-order valence-electron chi connectivity index (χ4n) is 3.65. The molecule has 108 valence electrons. The van der Waals surface area contributed by atoms with Crippen LogP contribution in [0.4, 0.5) is 0 Å². The molecule has 3 atom stereocenters. The first-order chi connectivity index (χ1) is 9.83. The molecule has 3 heteroatoms. The van der Waals surface area contributed by atoms with Gasteiger partial charge >= 0.3 is 0 Å². The molecule has 3 unspecified atom stereocenters. The fourth-order valence-corrected chi connectivity index (χ4v) is 3.65. The first kappa shape index (κ1) is 13.6. The van der Waals surface area contributed by atoms with Gasteiger partial charge in [0.25, 0.3) is 0 Å². The van der Waals surface area contributed by atoms with Gasteiger partial charge in [-0.25, -0.2) is 0 Å². The molecule has 1 amide bonds. The van der Waals surface area contributed by atoms with Crippen molar-refractivity contribution in [3.05, 3.63) is 35.9 Å². The summed E-state index contributed by atoms with van der Waals surface area (Å²) in [6, 6.07) is 10.1. The Morgan fingerprint density at radius 3 is 2.70 bits per heavy atom. The second kappa shape index (κ2) is 6.40. The Kier molecular flexibility index (Phi) is 4.36. The van der Waals surface area contributed by atoms with E-state index in [1.54, 1.807) is 0 Å². The van der Waals surface area contributed by atoms with Gasteiger partial charge in [0.05, 0.1) is 6.04 Å². The van der Waals surface area contributed by atoms with Gasteiger partial charge < -0.3 is 10.6 Å². The third kappa shape index (κ3) is 3.21. The lowest BCUT2D eigenvalue weighted by Gasteiger charge is -2.39. The van der Waals surface area contributed by atoms with Crippen LogP contribution in [-0.4, -0.2) is 18.5 Å². The van der Waals surface area contributed by atoms with Gasteiger partial charge in [-0.2, -0.15) is 0 Å². The predicted octanol–water partition coefficient (Wildman–Crippen LogP) is 2.47. The van der Waals surface area contributed by atoms with Crippen molar-refractivity contribution in [2.24, 2.45) is 11.8 Å². The van der Waals surface area contributed by atoms with E-state index in [1.807, 2.05) is 30.3 Å². The monoisotopic (exact) mass is 272 g/mol. The SMILES string of the molecule is O=C(NCc1ccccc1)C1CC2CCCCC2CN1. The van der Waals surface area contributed by atoms with E-state index in [9.17, 15) is 4.79 Å². The van der Waals surface area contributed by atoms with Crippen LogP contribution in [0.1, 0.15) is 37.7 Å². The van der Waals surface area contributed by atoms with Crippen LogP contribution in [0, 0.1) is 11.8 Å². The molecule has 20 heavy (non-hydrogen) atoms. The molecule has 0 aromatic heterocycles. The zero-order valence-corrected chi connectivity index (χ0v) is 12.0. The van der Waals surface area contributed by atoms with Crippen molar-refractivity contribution in [3.8, 4) is 0 Å². The van der Waals surface area contributed by atoms with E-state index in [2.05, 4.69) is 10.6 Å². The van der Waals surface area contributed by atoms with Crippen LogP contribution in [0.5, 0.6) is 0 Å². The molecule has 0 bridgehead atoms. The zero-order valence-electron chi connectivity index (χ0n) is 12.0. The summed E-state index contributed by atoms with van der Waals surface area (Å²) in [6.45, 7) is 1.65. The standard InChI is InChI=1S/C17H24N2O/c20-17(19-11-13-6-2-1-3-7-13)16-10-14-8-4-5-9-15(14)12-18-16/h1-3,6-7,14-16,18H,4-5,8-12H2,(H,19,20). The second-order valence-corrected chi connectivity index (χ2v) is 6.20. The average molecular weight is 272 g/mol. The Hall–Kier alpha value is -1.35. The topological polar surface area (TPSA) is 41.1 Å². The number of nitrogens with one attached hydrogen (secondary N) is 2. The summed E-state index contributed by atoms with van der Waals surface area (Å²) < 4.78 is 0. The smallest absolute Gasteiger partial charge is 0.237 e. The minimum atomic E-state index is 0.0121. The van der Waals surface area contributed by atoms with E-state index >= 15 is 0 Å². The molecular formula is C17H24N2O. The van der Waals surface area contributed by atoms with Crippen molar-refractivity contribution in [1.29, 1.82) is 0 Å². The van der Waals surface area contributed by atoms with Gasteiger partial charge in [-0.3, -0.25) is 4.79 Å². The minimum Gasteiger partial charge on any atom is -0.351 e. The molecule has 2 N–H and O–H groups in total. The maximum Gasteiger partial charge on any atom is 0.237 e. The number of amides is 1. The highest BCUT2D eigenvalue weighted by Gasteiger charge is 2.34. The fraction of sp³-hybridized carbons (Fsp3) is 0.588. The first-order valence-electron chi connectivity index (χ1n) is 7.88. The molecular weight excluding hydrogens is 248 g/mol. The highest BCUT2D eigenvalue weighted by molar-refractivity contribution is 5.81. The van der Waals surface area contributed by atoms with Gasteiger partial charge in [-0.15, -0.1) is 0 Å². The maximum absolute atomic E-state index is 12.3. The van der Waals surface area contributed by atoms with Gasteiger partial charge in [-0.05, 0) is 36.8 Å². The number of fused-ring (bicyclic) bond motifs is 1. The number of hydrogen-bond donors (Lipinski definition) is 2. The van der Waals surface area contributed by atoms with Crippen molar-refractivity contribution in [1.82, 2.24) is 10.6 Å². The highest BCUT2D eigenvalue weighted by Crippen LogP contribution is 2.35. The summed E-state index contributed by atoms with van der Waals surface area (Å²) >= 11 is 0. The van der Waals surface area contributed by atoms with Gasteiger partial charge in [0.15, 0.2) is 0 Å². The largest absolute Gasteiger partial charge is 0.351 e. The zero-order chi connectivity index (χ0) is 13.8. The molecule has 3 rings (SSSR count). The van der Waals surface area contributed by atoms with Crippen LogP contribution in [0.3, 0.4) is 0 Å². The Bertz CT molecular complexity index is 446. The Morgan fingerprint density at radius 1 is 1.15 bits per heavy atom. The summed E-state index contributed by atoms with van der Waals surface area (Å²) in [6.07, 6.45) is 6.39. The first-order valence-corrected chi connectivity index (χ1v) is 7.88. The van der Waals surface area contributed by atoms with Crippen molar-refractivity contribution < 1.29 is 4.79 Å². The van der Waals surface area contributed by atoms with Crippen LogP contribution in [0.25, 0.3) is 0 Å². The van der Waals surface area contributed by atoms with Gasteiger partial charge in [0.1, 0.15) is 0 Å². The number of rotatable bonds is 3. The quantitative estimate of drug-likeness (QED) is 0.887. The predicted molar refractivity (Wildman–Crippen MR) is 80.1 cm³/mol. The summed E-state index contributed by atoms with van der Waals surface area (Å²) in [7, 11) is 0. The molecule has 1 aromatic carbocycles. The van der Waals surface area contributed by atoms with Crippen molar-refractivity contribution in [3.63, 3.8) is 0 Å². The number of hydrogen-bond acceptors (Lipinski definition) is 2. The van der Waals surface area contributed by atoms with E-state index in [-0.39, 0.29) is 11.9 Å². The molecule has 1 aliphatic carbocycles. The maximum atomic E-state index is 12.3. The highest BCUT2D eigenvalue weighted by atomic mass is 16.2. The normalized spacial score (nSPS) is 29.5. The van der Waals surface area contributed by atoms with Gasteiger partial charge in [0.2, 0.25) is 5.91 Å². The van der Waals surface area contributed by atoms with Crippen LogP contribution < -0.4 is 10.6 Å². The van der Waals surface area contributed by atoms with Crippen LogP contribution in [0.2, 0.25) is 0 Å². The van der Waals surface area contributed by atoms with E-state index in [1.165, 1.54) is 25.7 Å². The summed E-state index contributed by atoms with van der Waals surface area (Å²) in [4.78, 5) is 12.3. The van der Waals surface area contributed by atoms with Crippen molar-refractivity contribution in [2.45, 2.75) is 44.7 Å². The van der Waals surface area contributed by atoms with Crippen LogP contribution in [-0.2, 0) is 11.3 Å². The lowest BCUT2D eigenvalue weighted by atomic mass is 9.73. The average Bonchev–Trinajstić information content (AvgIpc) is 2.53. The van der Waals surface area contributed by atoms with Gasteiger partial charge in [0, 0.05) is 6.54 Å². The van der Waals surface area contributed by atoms with Crippen molar-refractivity contribution >= 4 is 5.91 Å². The molecule has 1 aliphatic heterocycles. The molecule has 2 fully saturated rings. The second-order valence-electron chi connectivity index (χ2n) is 6.20. The molecule has 0 radical (unpaired) electrons. The molecule has 3 nitrogen and oxygen atoms in total. The lowest BCUT2D eigenvalue weighted by molar-refractivity contribution is -0.124. The Labute approximate surface area is 121 Å². The number of carbonyl (C=O) groups excluding carboxylic acids is 1. The molecule has 1 heterocycles. The third-order valence-electron chi connectivity index (χ3n) is 4.86. The summed E-state index contributed by atoms with van der Waals surface area (Å²) in [5.41, 5.74) is 1.16. The van der Waals surface area contributed by atoms with E-state index < -0.39 is 0 Å². The summed E-state index contributed by atoms with van der Waals surface area (Å²) in [5, 5.41) is 6.51. The third-order valence-corrected chi connectivity index (χ3v) is 4.86. The number of piperidine rings is 1. The summed E-state index contributed by atoms with van der Waals surface area (Å²) in [5.74, 6) is 1.73. The van der Waals surface area contributed by atoms with Gasteiger partial charge in [-0.1, -0.05) is 49.6 Å². The lowest BCUT2D eigenvalue weighted by Crippen LogP contribution is -2.52. The molecule has 0 spiro atoms. The van der Waals surface area contributed by atoms with E-state index in [0.717, 1.165) is 30.4 Å². The number of carbonyl (C=O) groups is 1. The van der Waals surface area contributed by atoms with Crippen molar-refractivity contribution in [2.75, 3.05) is 6.54 Å². The van der Waals surface area contributed by atoms with E-state index in [4.69, 9.17) is 0 Å². The minimum absolute atomic E-state index is 0.0121. The Morgan fingerprint density at radius 2 is 1.90 bits per heavy atom.